The summed E-state index contributed by atoms with van der Waals surface area (Å²) in [5.74, 6) is 0.0752. The van der Waals surface area contributed by atoms with Crippen LogP contribution in [0.4, 0.5) is 0 Å². The van der Waals surface area contributed by atoms with E-state index >= 15 is 0 Å². The zero-order valence-electron chi connectivity index (χ0n) is 12.1. The number of hydrogen-bond acceptors (Lipinski definition) is 2. The molecular weight excluding hydrogens is 260 g/mol. The third-order valence-corrected chi connectivity index (χ3v) is 2.54. The second kappa shape index (κ2) is 10.4. The summed E-state index contributed by atoms with van der Waals surface area (Å²) in [5, 5.41) is 0. The molecule has 2 nitrogen and oxygen atoms in total. The average Bonchev–Trinajstić information content (AvgIpc) is 2.57. The topological polar surface area (TPSA) is 26.3 Å². The maximum atomic E-state index is 11.8. The zero-order chi connectivity index (χ0) is 15.3. The van der Waals surface area contributed by atoms with Crippen molar-refractivity contribution in [3.63, 3.8) is 0 Å². The minimum Gasteiger partial charge on any atom is -0.373 e. The van der Waals surface area contributed by atoms with Crippen molar-refractivity contribution in [1.29, 1.82) is 0 Å². The molecule has 0 saturated heterocycles. The second-order valence-corrected chi connectivity index (χ2v) is 4.18. The lowest BCUT2D eigenvalue weighted by Gasteiger charge is -1.99. The van der Waals surface area contributed by atoms with Crippen LogP contribution in [0.1, 0.15) is 15.9 Å². The first kappa shape index (κ1) is 16.6. The molecule has 2 aromatic carbocycles. The van der Waals surface area contributed by atoms with E-state index in [2.05, 4.69) is 13.2 Å². The monoisotopic (exact) mass is 280 g/mol. The quantitative estimate of drug-likeness (QED) is 0.448. The van der Waals surface area contributed by atoms with Crippen molar-refractivity contribution in [3.8, 4) is 0 Å². The summed E-state index contributed by atoms with van der Waals surface area (Å²) in [6.45, 7) is 8.18. The van der Waals surface area contributed by atoms with Crippen molar-refractivity contribution in [2.75, 3.05) is 13.2 Å². The molecule has 0 radical (unpaired) electrons. The lowest BCUT2D eigenvalue weighted by atomic mass is 10.0. The van der Waals surface area contributed by atoms with E-state index in [1.165, 1.54) is 0 Å². The highest BCUT2D eigenvalue weighted by Gasteiger charge is 2.06. The molecule has 0 aliphatic heterocycles. The molecule has 0 bridgehead atoms. The predicted molar refractivity (Wildman–Crippen MR) is 87.5 cm³/mol. The van der Waals surface area contributed by atoms with Gasteiger partial charge in [-0.15, -0.1) is 13.2 Å². The van der Waals surface area contributed by atoms with Crippen molar-refractivity contribution in [2.45, 2.75) is 0 Å². The Balaban J connectivity index is 0.000000270. The van der Waals surface area contributed by atoms with Crippen molar-refractivity contribution in [2.24, 2.45) is 0 Å². The van der Waals surface area contributed by atoms with Crippen LogP contribution in [0.2, 0.25) is 0 Å². The molecule has 0 aliphatic rings. The van der Waals surface area contributed by atoms with Crippen LogP contribution in [0.5, 0.6) is 0 Å². The smallest absolute Gasteiger partial charge is 0.193 e. The highest BCUT2D eigenvalue weighted by atomic mass is 16.5. The van der Waals surface area contributed by atoms with E-state index in [0.717, 1.165) is 11.1 Å². The van der Waals surface area contributed by atoms with Crippen LogP contribution in [0.3, 0.4) is 0 Å². The normalized spacial score (nSPS) is 9.14. The van der Waals surface area contributed by atoms with Gasteiger partial charge in [0.25, 0.3) is 0 Å². The molecule has 0 saturated carbocycles. The Morgan fingerprint density at radius 2 is 1.19 bits per heavy atom. The Labute approximate surface area is 126 Å². The van der Waals surface area contributed by atoms with Gasteiger partial charge >= 0.3 is 0 Å². The van der Waals surface area contributed by atoms with Crippen LogP contribution in [0.25, 0.3) is 0 Å². The first-order chi connectivity index (χ1) is 10.3. The molecular formula is C19H20O2. The molecule has 0 atom stereocenters. The van der Waals surface area contributed by atoms with Crippen molar-refractivity contribution >= 4 is 5.78 Å². The standard InChI is InChI=1S/C13H10O.C6H10O/c14-13(11-7-3-1-4-8-11)12-9-5-2-6-10-12;1-3-5-7-6-4-2/h1-10H;3-4H,1-2,5-6H2. The second-order valence-electron chi connectivity index (χ2n) is 4.18. The summed E-state index contributed by atoms with van der Waals surface area (Å²) < 4.78 is 4.90. The number of rotatable bonds is 6. The molecule has 0 amide bonds. The van der Waals surface area contributed by atoms with Crippen LogP contribution in [-0.2, 0) is 4.74 Å². The van der Waals surface area contributed by atoms with E-state index in [0.29, 0.717) is 13.2 Å². The number of ketones is 1. The van der Waals surface area contributed by atoms with Crippen LogP contribution < -0.4 is 0 Å². The Morgan fingerprint density at radius 1 is 0.810 bits per heavy atom. The van der Waals surface area contributed by atoms with Gasteiger partial charge in [-0.1, -0.05) is 72.8 Å². The van der Waals surface area contributed by atoms with E-state index in [4.69, 9.17) is 4.74 Å². The van der Waals surface area contributed by atoms with Gasteiger partial charge in [-0.25, -0.2) is 0 Å². The number of ether oxygens (including phenoxy) is 1. The maximum Gasteiger partial charge on any atom is 0.193 e. The van der Waals surface area contributed by atoms with E-state index in [9.17, 15) is 4.79 Å². The van der Waals surface area contributed by atoms with Crippen molar-refractivity contribution in [3.05, 3.63) is 97.1 Å². The Kier molecular flexibility index (Phi) is 8.18. The SMILES string of the molecule is C=CCOCC=C.O=C(c1ccccc1)c1ccccc1. The third-order valence-electron chi connectivity index (χ3n) is 2.54. The largest absolute Gasteiger partial charge is 0.373 e. The van der Waals surface area contributed by atoms with Gasteiger partial charge in [0, 0.05) is 11.1 Å². The molecule has 108 valence electrons. The summed E-state index contributed by atoms with van der Waals surface area (Å²) in [7, 11) is 0. The molecule has 0 heterocycles. The summed E-state index contributed by atoms with van der Waals surface area (Å²) in [5.41, 5.74) is 1.47. The molecule has 2 aromatic rings. The molecule has 0 aliphatic carbocycles. The maximum absolute atomic E-state index is 11.8. The van der Waals surface area contributed by atoms with Gasteiger partial charge in [0.15, 0.2) is 5.78 Å². The lowest BCUT2D eigenvalue weighted by Crippen LogP contribution is -1.99. The van der Waals surface area contributed by atoms with Gasteiger partial charge in [0.05, 0.1) is 13.2 Å². The number of benzene rings is 2. The molecule has 2 rings (SSSR count). The summed E-state index contributed by atoms with van der Waals surface area (Å²) in [4.78, 5) is 11.8. The summed E-state index contributed by atoms with van der Waals surface area (Å²) >= 11 is 0. The molecule has 0 aromatic heterocycles. The van der Waals surface area contributed by atoms with Crippen LogP contribution in [-0.4, -0.2) is 19.0 Å². The Hall–Kier alpha value is -2.45. The highest BCUT2D eigenvalue weighted by molar-refractivity contribution is 6.08. The minimum absolute atomic E-state index is 0.0752. The Morgan fingerprint density at radius 3 is 1.52 bits per heavy atom. The van der Waals surface area contributed by atoms with Crippen LogP contribution in [0, 0.1) is 0 Å². The van der Waals surface area contributed by atoms with E-state index in [1.807, 2.05) is 60.7 Å². The van der Waals surface area contributed by atoms with Crippen LogP contribution in [0.15, 0.2) is 86.0 Å². The molecule has 0 spiro atoms. The van der Waals surface area contributed by atoms with Gasteiger partial charge in [-0.2, -0.15) is 0 Å². The summed E-state index contributed by atoms with van der Waals surface area (Å²) in [6.07, 6.45) is 3.42. The van der Waals surface area contributed by atoms with E-state index in [1.54, 1.807) is 12.2 Å². The zero-order valence-corrected chi connectivity index (χ0v) is 12.1. The number of carbonyl (C=O) groups excluding carboxylic acids is 1. The first-order valence-electron chi connectivity index (χ1n) is 6.74. The van der Waals surface area contributed by atoms with E-state index < -0.39 is 0 Å². The molecule has 0 fully saturated rings. The van der Waals surface area contributed by atoms with Crippen molar-refractivity contribution < 1.29 is 9.53 Å². The highest BCUT2D eigenvalue weighted by Crippen LogP contribution is 2.08. The van der Waals surface area contributed by atoms with Crippen molar-refractivity contribution in [1.82, 2.24) is 0 Å². The lowest BCUT2D eigenvalue weighted by molar-refractivity contribution is 0.103. The fourth-order valence-corrected chi connectivity index (χ4v) is 1.58. The fraction of sp³-hybridized carbons (Fsp3) is 0.105. The molecule has 0 unspecified atom stereocenters. The van der Waals surface area contributed by atoms with Gasteiger partial charge in [0.2, 0.25) is 0 Å². The molecule has 2 heteroatoms. The summed E-state index contributed by atoms with van der Waals surface area (Å²) in [6, 6.07) is 18.6. The van der Waals surface area contributed by atoms with E-state index in [-0.39, 0.29) is 5.78 Å². The average molecular weight is 280 g/mol. The predicted octanol–water partition coefficient (Wildman–Crippen LogP) is 4.29. The first-order valence-corrected chi connectivity index (χ1v) is 6.74. The fourth-order valence-electron chi connectivity index (χ4n) is 1.58. The minimum atomic E-state index is 0.0752. The van der Waals surface area contributed by atoms with Gasteiger partial charge in [-0.05, 0) is 0 Å². The third kappa shape index (κ3) is 6.50. The Bertz CT molecular complexity index is 495. The number of carbonyl (C=O) groups is 1. The number of hydrogen-bond donors (Lipinski definition) is 0. The molecule has 0 N–H and O–H groups in total. The van der Waals surface area contributed by atoms with Crippen LogP contribution >= 0.6 is 0 Å². The van der Waals surface area contributed by atoms with Gasteiger partial charge in [0.1, 0.15) is 0 Å². The molecule has 21 heavy (non-hydrogen) atoms. The van der Waals surface area contributed by atoms with Gasteiger partial charge < -0.3 is 4.74 Å². The van der Waals surface area contributed by atoms with Gasteiger partial charge in [-0.3, -0.25) is 4.79 Å².